The fraction of sp³-hybridized carbons (Fsp3) is 0.571. The van der Waals surface area contributed by atoms with E-state index in [9.17, 15) is 8.42 Å². The minimum atomic E-state index is -3.11. The quantitative estimate of drug-likeness (QED) is 0.631. The molecule has 4 nitrogen and oxygen atoms in total. The zero-order valence-electron chi connectivity index (χ0n) is 6.82. The van der Waals surface area contributed by atoms with Crippen molar-refractivity contribution in [2.24, 2.45) is 0 Å². The SMILES string of the molecule is CS(=O)(=O)c1cn2c(n1)CCC2. The van der Waals surface area contributed by atoms with Gasteiger partial charge in [0.1, 0.15) is 5.82 Å². The highest BCUT2D eigenvalue weighted by molar-refractivity contribution is 7.90. The van der Waals surface area contributed by atoms with Crippen molar-refractivity contribution >= 4 is 9.84 Å². The van der Waals surface area contributed by atoms with Crippen LogP contribution in [-0.4, -0.2) is 24.2 Å². The maximum absolute atomic E-state index is 11.1. The van der Waals surface area contributed by atoms with Crippen molar-refractivity contribution < 1.29 is 8.42 Å². The molecule has 0 unspecified atom stereocenters. The van der Waals surface area contributed by atoms with E-state index in [1.165, 1.54) is 6.26 Å². The van der Waals surface area contributed by atoms with E-state index in [1.807, 2.05) is 4.57 Å². The monoisotopic (exact) mass is 186 g/mol. The van der Waals surface area contributed by atoms with E-state index < -0.39 is 9.84 Å². The number of aryl methyl sites for hydroxylation is 2. The van der Waals surface area contributed by atoms with Crippen molar-refractivity contribution in [2.75, 3.05) is 6.26 Å². The van der Waals surface area contributed by atoms with E-state index in [1.54, 1.807) is 6.20 Å². The number of fused-ring (bicyclic) bond motifs is 1. The summed E-state index contributed by atoms with van der Waals surface area (Å²) in [5, 5.41) is 0.206. The highest BCUT2D eigenvalue weighted by Crippen LogP contribution is 2.16. The van der Waals surface area contributed by atoms with Crippen LogP contribution in [0.25, 0.3) is 0 Å². The zero-order valence-corrected chi connectivity index (χ0v) is 7.63. The van der Waals surface area contributed by atoms with Gasteiger partial charge in [0.15, 0.2) is 14.9 Å². The summed E-state index contributed by atoms with van der Waals surface area (Å²) >= 11 is 0. The molecular weight excluding hydrogens is 176 g/mol. The molecule has 0 spiro atoms. The molecule has 1 aliphatic heterocycles. The molecule has 5 heteroatoms. The normalized spacial score (nSPS) is 16.4. The fourth-order valence-corrected chi connectivity index (χ4v) is 2.00. The molecule has 2 rings (SSSR count). The van der Waals surface area contributed by atoms with Gasteiger partial charge in [-0.25, -0.2) is 13.4 Å². The Balaban J connectivity index is 2.51. The van der Waals surface area contributed by atoms with Crippen molar-refractivity contribution in [3.8, 4) is 0 Å². The molecule has 0 N–H and O–H groups in total. The first kappa shape index (κ1) is 7.79. The van der Waals surface area contributed by atoms with Crippen LogP contribution in [0.2, 0.25) is 0 Å². The third kappa shape index (κ3) is 1.14. The third-order valence-electron chi connectivity index (χ3n) is 2.02. The molecule has 0 aliphatic carbocycles. The van der Waals surface area contributed by atoms with E-state index in [0.717, 1.165) is 25.2 Å². The van der Waals surface area contributed by atoms with Crippen LogP contribution in [-0.2, 0) is 22.8 Å². The predicted molar refractivity (Wildman–Crippen MR) is 43.7 cm³/mol. The second-order valence-corrected chi connectivity index (χ2v) is 5.03. The van der Waals surface area contributed by atoms with Crippen LogP contribution >= 0.6 is 0 Å². The van der Waals surface area contributed by atoms with Gasteiger partial charge in [-0.1, -0.05) is 0 Å². The lowest BCUT2D eigenvalue weighted by atomic mass is 10.4. The Bertz CT molecular complexity index is 384. The Morgan fingerprint density at radius 1 is 1.58 bits per heavy atom. The smallest absolute Gasteiger partial charge is 0.194 e. The average Bonchev–Trinajstić information content (AvgIpc) is 2.37. The number of hydrogen-bond acceptors (Lipinski definition) is 3. The van der Waals surface area contributed by atoms with Crippen LogP contribution in [0.15, 0.2) is 11.2 Å². The Morgan fingerprint density at radius 2 is 2.33 bits per heavy atom. The lowest BCUT2D eigenvalue weighted by Gasteiger charge is -1.90. The van der Waals surface area contributed by atoms with E-state index in [-0.39, 0.29) is 5.03 Å². The van der Waals surface area contributed by atoms with Gasteiger partial charge in [-0.05, 0) is 6.42 Å². The molecule has 1 aromatic rings. The van der Waals surface area contributed by atoms with Gasteiger partial charge in [-0.3, -0.25) is 0 Å². The molecule has 0 bridgehead atoms. The lowest BCUT2D eigenvalue weighted by Crippen LogP contribution is -1.97. The second kappa shape index (κ2) is 2.32. The van der Waals surface area contributed by atoms with Gasteiger partial charge in [-0.2, -0.15) is 0 Å². The van der Waals surface area contributed by atoms with Gasteiger partial charge in [0.05, 0.1) is 0 Å². The summed E-state index contributed by atoms with van der Waals surface area (Å²) < 4.78 is 24.0. The highest BCUT2D eigenvalue weighted by atomic mass is 32.2. The van der Waals surface area contributed by atoms with Gasteiger partial charge in [0, 0.05) is 25.4 Å². The van der Waals surface area contributed by atoms with Crippen LogP contribution in [0.3, 0.4) is 0 Å². The highest BCUT2D eigenvalue weighted by Gasteiger charge is 2.18. The van der Waals surface area contributed by atoms with Gasteiger partial charge in [0.2, 0.25) is 0 Å². The lowest BCUT2D eigenvalue weighted by molar-refractivity contribution is 0.598. The first-order valence-electron chi connectivity index (χ1n) is 3.83. The number of rotatable bonds is 1. The number of sulfone groups is 1. The molecule has 0 saturated carbocycles. The summed E-state index contributed by atoms with van der Waals surface area (Å²) in [6, 6.07) is 0. The second-order valence-electron chi connectivity index (χ2n) is 3.06. The predicted octanol–water partition coefficient (Wildman–Crippen LogP) is 0.233. The standard InChI is InChI=1S/C7H10N2O2S/c1-12(10,11)7-5-9-4-2-3-6(9)8-7/h5H,2-4H2,1H3. The van der Waals surface area contributed by atoms with Crippen LogP contribution in [0.1, 0.15) is 12.2 Å². The molecule has 0 saturated heterocycles. The Hall–Kier alpha value is -0.840. The number of imidazole rings is 1. The maximum atomic E-state index is 11.1. The third-order valence-corrected chi connectivity index (χ3v) is 2.97. The Labute approximate surface area is 71.1 Å². The summed E-state index contributed by atoms with van der Waals surface area (Å²) in [5.74, 6) is 0.899. The Morgan fingerprint density at radius 3 is 2.92 bits per heavy atom. The Kier molecular flexibility index (Phi) is 1.51. The molecule has 66 valence electrons. The van der Waals surface area contributed by atoms with E-state index in [2.05, 4.69) is 4.98 Å². The van der Waals surface area contributed by atoms with Crippen molar-refractivity contribution in [3.63, 3.8) is 0 Å². The van der Waals surface area contributed by atoms with Crippen LogP contribution < -0.4 is 0 Å². The van der Waals surface area contributed by atoms with Crippen molar-refractivity contribution in [2.45, 2.75) is 24.4 Å². The molecule has 0 aromatic carbocycles. The van der Waals surface area contributed by atoms with E-state index in [0.29, 0.717) is 0 Å². The largest absolute Gasteiger partial charge is 0.334 e. The van der Waals surface area contributed by atoms with Crippen molar-refractivity contribution in [1.82, 2.24) is 9.55 Å². The molecule has 0 radical (unpaired) electrons. The van der Waals surface area contributed by atoms with E-state index >= 15 is 0 Å². The maximum Gasteiger partial charge on any atom is 0.194 e. The number of nitrogens with zero attached hydrogens (tertiary/aromatic N) is 2. The van der Waals surface area contributed by atoms with Gasteiger partial charge in [-0.15, -0.1) is 0 Å². The molecule has 2 heterocycles. The summed E-state index contributed by atoms with van der Waals surface area (Å²) in [4.78, 5) is 4.04. The first-order chi connectivity index (χ1) is 5.57. The molecule has 1 aromatic heterocycles. The fourth-order valence-electron chi connectivity index (χ4n) is 1.41. The minimum absolute atomic E-state index is 0.206. The van der Waals surface area contributed by atoms with Gasteiger partial charge in [0.25, 0.3) is 0 Å². The average molecular weight is 186 g/mol. The molecule has 0 atom stereocenters. The van der Waals surface area contributed by atoms with Crippen molar-refractivity contribution in [1.29, 1.82) is 0 Å². The van der Waals surface area contributed by atoms with Crippen LogP contribution in [0.5, 0.6) is 0 Å². The van der Waals surface area contributed by atoms with Crippen LogP contribution in [0, 0.1) is 0 Å². The van der Waals surface area contributed by atoms with Crippen molar-refractivity contribution in [3.05, 3.63) is 12.0 Å². The van der Waals surface area contributed by atoms with Gasteiger partial charge >= 0.3 is 0 Å². The summed E-state index contributed by atoms with van der Waals surface area (Å²) in [7, 11) is -3.11. The molecule has 1 aliphatic rings. The summed E-state index contributed by atoms with van der Waals surface area (Å²) in [6.45, 7) is 0.901. The molecule has 0 amide bonds. The number of aromatic nitrogens is 2. The summed E-state index contributed by atoms with van der Waals surface area (Å²) in [6.07, 6.45) is 4.78. The zero-order chi connectivity index (χ0) is 8.77. The first-order valence-corrected chi connectivity index (χ1v) is 5.72. The van der Waals surface area contributed by atoms with Crippen LogP contribution in [0.4, 0.5) is 0 Å². The van der Waals surface area contributed by atoms with Gasteiger partial charge < -0.3 is 4.57 Å². The molecule has 12 heavy (non-hydrogen) atoms. The minimum Gasteiger partial charge on any atom is -0.334 e. The topological polar surface area (TPSA) is 52.0 Å². The van der Waals surface area contributed by atoms with E-state index in [4.69, 9.17) is 0 Å². The molecular formula is C7H10N2O2S. The number of hydrogen-bond donors (Lipinski definition) is 0. The molecule has 0 fully saturated rings. The summed E-state index contributed by atoms with van der Waals surface area (Å²) in [5.41, 5.74) is 0.